The maximum atomic E-state index is 5.64. The van der Waals surface area contributed by atoms with E-state index in [1.54, 1.807) is 0 Å². The van der Waals surface area contributed by atoms with Crippen LogP contribution in [0.5, 0.6) is 0 Å². The van der Waals surface area contributed by atoms with Crippen molar-refractivity contribution in [2.75, 3.05) is 26.4 Å². The summed E-state index contributed by atoms with van der Waals surface area (Å²) in [5.41, 5.74) is 0. The molecule has 3 unspecified atom stereocenters. The van der Waals surface area contributed by atoms with Crippen molar-refractivity contribution in [3.63, 3.8) is 0 Å². The van der Waals surface area contributed by atoms with Crippen LogP contribution in [0.2, 0.25) is 0 Å². The molecule has 0 saturated carbocycles. The molecule has 2 saturated heterocycles. The molecule has 0 aliphatic carbocycles. The number of rotatable bonds is 6. The van der Waals surface area contributed by atoms with E-state index < -0.39 is 0 Å². The second-order valence-corrected chi connectivity index (χ2v) is 4.51. The summed E-state index contributed by atoms with van der Waals surface area (Å²) < 4.78 is 21.8. The van der Waals surface area contributed by atoms with Crippen LogP contribution >= 0.6 is 0 Å². The summed E-state index contributed by atoms with van der Waals surface area (Å²) in [6, 6.07) is 0. The SMILES string of the molecule is CC(COC1(C)CO1)OCC1CCCO1. The van der Waals surface area contributed by atoms with E-state index in [4.69, 9.17) is 18.9 Å². The lowest BCUT2D eigenvalue weighted by molar-refractivity contribution is -0.0929. The van der Waals surface area contributed by atoms with Gasteiger partial charge < -0.3 is 18.9 Å². The van der Waals surface area contributed by atoms with Crippen LogP contribution in [-0.4, -0.2) is 44.4 Å². The lowest BCUT2D eigenvalue weighted by atomic mass is 10.2. The molecule has 15 heavy (non-hydrogen) atoms. The van der Waals surface area contributed by atoms with Gasteiger partial charge in [-0.05, 0) is 26.7 Å². The van der Waals surface area contributed by atoms with Gasteiger partial charge >= 0.3 is 0 Å². The van der Waals surface area contributed by atoms with Crippen molar-refractivity contribution in [1.82, 2.24) is 0 Å². The third kappa shape index (κ3) is 3.72. The molecule has 0 amide bonds. The second-order valence-electron chi connectivity index (χ2n) is 4.51. The van der Waals surface area contributed by atoms with Crippen LogP contribution in [0.1, 0.15) is 26.7 Å². The van der Waals surface area contributed by atoms with Gasteiger partial charge in [0.15, 0.2) is 5.79 Å². The summed E-state index contributed by atoms with van der Waals surface area (Å²) in [6.45, 7) is 6.81. The molecule has 2 aliphatic rings. The third-order valence-electron chi connectivity index (χ3n) is 2.76. The molecule has 3 atom stereocenters. The van der Waals surface area contributed by atoms with Crippen molar-refractivity contribution < 1.29 is 18.9 Å². The van der Waals surface area contributed by atoms with Gasteiger partial charge in [0.1, 0.15) is 6.61 Å². The maximum absolute atomic E-state index is 5.64. The summed E-state index contributed by atoms with van der Waals surface area (Å²) in [4.78, 5) is 0. The zero-order chi connectivity index (χ0) is 10.7. The summed E-state index contributed by atoms with van der Waals surface area (Å²) in [5, 5.41) is 0. The predicted octanol–water partition coefficient (Wildman–Crippen LogP) is 1.33. The van der Waals surface area contributed by atoms with Crippen molar-refractivity contribution in [1.29, 1.82) is 0 Å². The Labute approximate surface area is 90.8 Å². The van der Waals surface area contributed by atoms with Gasteiger partial charge in [0.2, 0.25) is 0 Å². The quantitative estimate of drug-likeness (QED) is 0.628. The molecule has 4 nitrogen and oxygen atoms in total. The molecule has 0 aromatic carbocycles. The van der Waals surface area contributed by atoms with Gasteiger partial charge in [0.25, 0.3) is 0 Å². The zero-order valence-corrected chi connectivity index (χ0v) is 9.53. The van der Waals surface area contributed by atoms with Crippen LogP contribution in [0.3, 0.4) is 0 Å². The smallest absolute Gasteiger partial charge is 0.189 e. The first-order valence-electron chi connectivity index (χ1n) is 5.69. The molecule has 2 heterocycles. The van der Waals surface area contributed by atoms with Gasteiger partial charge in [0, 0.05) is 6.61 Å². The number of ether oxygens (including phenoxy) is 4. The van der Waals surface area contributed by atoms with E-state index in [0.29, 0.717) is 25.9 Å². The highest BCUT2D eigenvalue weighted by molar-refractivity contribution is 4.75. The molecule has 0 N–H and O–H groups in total. The summed E-state index contributed by atoms with van der Waals surface area (Å²) in [7, 11) is 0. The van der Waals surface area contributed by atoms with Crippen molar-refractivity contribution in [2.24, 2.45) is 0 Å². The minimum Gasteiger partial charge on any atom is -0.376 e. The Bertz CT molecular complexity index is 197. The fourth-order valence-corrected chi connectivity index (χ4v) is 1.57. The van der Waals surface area contributed by atoms with Gasteiger partial charge in [-0.1, -0.05) is 0 Å². The normalized spacial score (nSPS) is 36.8. The highest BCUT2D eigenvalue weighted by atomic mass is 16.8. The summed E-state index contributed by atoms with van der Waals surface area (Å²) in [6.07, 6.45) is 2.68. The van der Waals surface area contributed by atoms with Gasteiger partial charge in [-0.3, -0.25) is 0 Å². The van der Waals surface area contributed by atoms with Gasteiger partial charge in [-0.2, -0.15) is 0 Å². The van der Waals surface area contributed by atoms with Crippen molar-refractivity contribution >= 4 is 0 Å². The Hall–Kier alpha value is -0.160. The van der Waals surface area contributed by atoms with Crippen LogP contribution in [-0.2, 0) is 18.9 Å². The predicted molar refractivity (Wildman–Crippen MR) is 54.7 cm³/mol. The van der Waals surface area contributed by atoms with Crippen LogP contribution in [0.25, 0.3) is 0 Å². The first kappa shape index (κ1) is 11.3. The zero-order valence-electron chi connectivity index (χ0n) is 9.53. The molecule has 0 spiro atoms. The van der Waals surface area contributed by atoms with Crippen molar-refractivity contribution in [2.45, 2.75) is 44.7 Å². The molecule has 2 aliphatic heterocycles. The van der Waals surface area contributed by atoms with Crippen molar-refractivity contribution in [3.05, 3.63) is 0 Å². The third-order valence-corrected chi connectivity index (χ3v) is 2.76. The molecule has 0 radical (unpaired) electrons. The van der Waals surface area contributed by atoms with Gasteiger partial charge in [-0.15, -0.1) is 0 Å². The minimum absolute atomic E-state index is 0.107. The Balaban J connectivity index is 1.53. The first-order valence-corrected chi connectivity index (χ1v) is 5.69. The summed E-state index contributed by atoms with van der Waals surface area (Å²) >= 11 is 0. The van der Waals surface area contributed by atoms with Gasteiger partial charge in [-0.25, -0.2) is 0 Å². The highest BCUT2D eigenvalue weighted by Crippen LogP contribution is 2.27. The highest BCUT2D eigenvalue weighted by Gasteiger charge is 2.40. The average molecular weight is 216 g/mol. The average Bonchev–Trinajstić information content (AvgIpc) is 2.77. The fourth-order valence-electron chi connectivity index (χ4n) is 1.57. The summed E-state index contributed by atoms with van der Waals surface area (Å²) in [5.74, 6) is -0.332. The number of hydrogen-bond donors (Lipinski definition) is 0. The van der Waals surface area contributed by atoms with E-state index in [1.807, 2.05) is 13.8 Å². The van der Waals surface area contributed by atoms with E-state index in [-0.39, 0.29) is 11.9 Å². The first-order chi connectivity index (χ1) is 7.18. The van der Waals surface area contributed by atoms with Crippen LogP contribution in [0.4, 0.5) is 0 Å². The molecular formula is C11H20O4. The molecule has 2 rings (SSSR count). The number of hydrogen-bond acceptors (Lipinski definition) is 4. The Morgan fingerprint density at radius 1 is 1.53 bits per heavy atom. The van der Waals surface area contributed by atoms with Crippen LogP contribution < -0.4 is 0 Å². The molecular weight excluding hydrogens is 196 g/mol. The van der Waals surface area contributed by atoms with E-state index in [9.17, 15) is 0 Å². The molecule has 0 aromatic rings. The maximum Gasteiger partial charge on any atom is 0.189 e. The fraction of sp³-hybridized carbons (Fsp3) is 1.00. The Morgan fingerprint density at radius 2 is 2.33 bits per heavy atom. The Kier molecular flexibility index (Phi) is 3.61. The lowest BCUT2D eigenvalue weighted by Crippen LogP contribution is -2.25. The van der Waals surface area contributed by atoms with E-state index >= 15 is 0 Å². The van der Waals surface area contributed by atoms with Crippen LogP contribution in [0, 0.1) is 0 Å². The van der Waals surface area contributed by atoms with E-state index in [2.05, 4.69) is 0 Å². The molecule has 4 heteroatoms. The minimum atomic E-state index is -0.332. The number of epoxide rings is 1. The topological polar surface area (TPSA) is 40.2 Å². The molecule has 2 fully saturated rings. The second kappa shape index (κ2) is 4.78. The van der Waals surface area contributed by atoms with E-state index in [0.717, 1.165) is 19.4 Å². The standard InChI is InChI=1S/C11H20O4/c1-9(6-14-11(2)8-15-11)13-7-10-4-3-5-12-10/h9-10H,3-8H2,1-2H3. The largest absolute Gasteiger partial charge is 0.376 e. The molecule has 0 bridgehead atoms. The monoisotopic (exact) mass is 216 g/mol. The van der Waals surface area contributed by atoms with Crippen LogP contribution in [0.15, 0.2) is 0 Å². The Morgan fingerprint density at radius 3 is 2.93 bits per heavy atom. The van der Waals surface area contributed by atoms with Gasteiger partial charge in [0.05, 0.1) is 25.4 Å². The molecule has 0 aromatic heterocycles. The van der Waals surface area contributed by atoms with E-state index in [1.165, 1.54) is 0 Å². The molecule has 88 valence electrons. The van der Waals surface area contributed by atoms with Crippen molar-refractivity contribution in [3.8, 4) is 0 Å². The lowest BCUT2D eigenvalue weighted by Gasteiger charge is -2.17.